The fourth-order valence-electron chi connectivity index (χ4n) is 2.80. The van der Waals surface area contributed by atoms with Gasteiger partial charge in [0.05, 0.1) is 0 Å². The number of benzene rings is 2. The zero-order chi connectivity index (χ0) is 22.6. The summed E-state index contributed by atoms with van der Waals surface area (Å²) in [5.74, 6) is -1.65. The molecule has 3 aromatic rings. The summed E-state index contributed by atoms with van der Waals surface area (Å²) in [5, 5.41) is 14.6. The molecule has 2 aromatic carbocycles. The molecule has 0 bridgehead atoms. The minimum Gasteiger partial charge on any atom is -0.350 e. The van der Waals surface area contributed by atoms with Crippen LogP contribution in [0.1, 0.15) is 20.8 Å². The number of halogens is 2. The van der Waals surface area contributed by atoms with Crippen molar-refractivity contribution >= 4 is 17.5 Å². The van der Waals surface area contributed by atoms with Crippen molar-refractivity contribution in [1.82, 2.24) is 25.5 Å². The van der Waals surface area contributed by atoms with E-state index >= 15 is 0 Å². The van der Waals surface area contributed by atoms with Crippen molar-refractivity contribution in [3.8, 4) is 11.4 Å². The molecular weight excluding hydrogens is 406 g/mol. The number of aromatic nitrogens is 4. The van der Waals surface area contributed by atoms with Crippen molar-refractivity contribution in [2.24, 2.45) is 0 Å². The second-order valence-corrected chi connectivity index (χ2v) is 7.91. The van der Waals surface area contributed by atoms with Gasteiger partial charge in [-0.05, 0) is 68.4 Å². The third-order valence-electron chi connectivity index (χ3n) is 4.07. The quantitative estimate of drug-likeness (QED) is 0.651. The van der Waals surface area contributed by atoms with Gasteiger partial charge in [0.2, 0.25) is 11.7 Å². The van der Waals surface area contributed by atoms with E-state index in [0.29, 0.717) is 5.56 Å². The van der Waals surface area contributed by atoms with E-state index < -0.39 is 29.0 Å². The highest BCUT2D eigenvalue weighted by Gasteiger charge is 2.23. The first-order valence-corrected chi connectivity index (χ1v) is 9.51. The van der Waals surface area contributed by atoms with E-state index in [2.05, 4.69) is 20.7 Å². The lowest BCUT2D eigenvalue weighted by atomic mass is 10.1. The van der Waals surface area contributed by atoms with Crippen LogP contribution in [0.4, 0.5) is 14.5 Å². The Labute approximate surface area is 177 Å². The van der Waals surface area contributed by atoms with Crippen LogP contribution in [-0.2, 0) is 16.1 Å². The Morgan fingerprint density at radius 1 is 1.06 bits per heavy atom. The molecule has 0 radical (unpaired) electrons. The summed E-state index contributed by atoms with van der Waals surface area (Å²) < 4.78 is 26.8. The van der Waals surface area contributed by atoms with Crippen LogP contribution in [0.3, 0.4) is 0 Å². The summed E-state index contributed by atoms with van der Waals surface area (Å²) in [4.78, 5) is 27.6. The molecule has 0 saturated carbocycles. The van der Waals surface area contributed by atoms with Gasteiger partial charge in [-0.3, -0.25) is 9.59 Å². The van der Waals surface area contributed by atoms with E-state index in [1.54, 1.807) is 0 Å². The van der Waals surface area contributed by atoms with Gasteiger partial charge in [-0.15, -0.1) is 10.2 Å². The fourth-order valence-corrected chi connectivity index (χ4v) is 2.80. The van der Waals surface area contributed by atoms with Crippen LogP contribution >= 0.6 is 0 Å². The molecule has 162 valence electrons. The summed E-state index contributed by atoms with van der Waals surface area (Å²) in [6.45, 7) is 4.81. The van der Waals surface area contributed by atoms with E-state index in [4.69, 9.17) is 0 Å². The van der Waals surface area contributed by atoms with Crippen LogP contribution in [0.2, 0.25) is 0 Å². The maximum Gasteiger partial charge on any atom is 0.251 e. The number of hydrogen-bond donors (Lipinski definition) is 1. The zero-order valence-corrected chi connectivity index (χ0v) is 17.3. The highest BCUT2D eigenvalue weighted by molar-refractivity contribution is 5.98. The number of hydrogen-bond acceptors (Lipinski definition) is 5. The molecule has 31 heavy (non-hydrogen) atoms. The first-order valence-electron chi connectivity index (χ1n) is 9.51. The molecule has 1 N–H and O–H groups in total. The molecule has 3 rings (SSSR count). The third kappa shape index (κ3) is 6.14. The number of tetrazole rings is 1. The molecule has 0 aliphatic heterocycles. The van der Waals surface area contributed by atoms with E-state index in [1.165, 1.54) is 48.5 Å². The van der Waals surface area contributed by atoms with Gasteiger partial charge in [0.1, 0.15) is 24.7 Å². The van der Waals surface area contributed by atoms with Gasteiger partial charge in [0, 0.05) is 16.8 Å². The predicted octanol–water partition coefficient (Wildman–Crippen LogP) is 2.57. The van der Waals surface area contributed by atoms with Crippen molar-refractivity contribution in [1.29, 1.82) is 0 Å². The molecule has 2 amide bonds. The second kappa shape index (κ2) is 8.99. The minimum absolute atomic E-state index is 0.218. The van der Waals surface area contributed by atoms with Gasteiger partial charge in [0.15, 0.2) is 0 Å². The van der Waals surface area contributed by atoms with Crippen molar-refractivity contribution in [2.45, 2.75) is 32.9 Å². The van der Waals surface area contributed by atoms with Crippen molar-refractivity contribution in [3.05, 3.63) is 60.2 Å². The van der Waals surface area contributed by atoms with Crippen LogP contribution in [0.25, 0.3) is 11.4 Å². The van der Waals surface area contributed by atoms with Gasteiger partial charge in [-0.25, -0.2) is 8.78 Å². The Hall–Kier alpha value is -3.69. The maximum absolute atomic E-state index is 13.7. The molecule has 0 saturated heterocycles. The number of nitrogens with zero attached hydrogens (tertiary/aromatic N) is 5. The Morgan fingerprint density at radius 3 is 2.42 bits per heavy atom. The smallest absolute Gasteiger partial charge is 0.251 e. The van der Waals surface area contributed by atoms with E-state index in [1.807, 2.05) is 20.8 Å². The Morgan fingerprint density at radius 2 is 1.77 bits per heavy atom. The Kier molecular flexibility index (Phi) is 6.38. The minimum atomic E-state index is -0.538. The van der Waals surface area contributed by atoms with E-state index in [9.17, 15) is 18.4 Å². The Balaban J connectivity index is 1.80. The molecule has 0 unspecified atom stereocenters. The lowest BCUT2D eigenvalue weighted by molar-refractivity contribution is -0.125. The van der Waals surface area contributed by atoms with Crippen molar-refractivity contribution < 1.29 is 18.4 Å². The lowest BCUT2D eigenvalue weighted by Gasteiger charge is -2.26. The summed E-state index contributed by atoms with van der Waals surface area (Å²) in [6, 6.07) is 10.9. The Bertz CT molecular complexity index is 1080. The average Bonchev–Trinajstić information content (AvgIpc) is 3.13. The summed E-state index contributed by atoms with van der Waals surface area (Å²) in [6.07, 6.45) is 0. The fraction of sp³-hybridized carbons (Fsp3) is 0.286. The molecule has 1 heterocycles. The SMILES string of the molecule is CC(C)(C)NC(=O)CN(C(=O)Cn1nnc(-c2ccc(F)cc2)n1)c1cccc(F)c1. The predicted molar refractivity (Wildman–Crippen MR) is 110 cm³/mol. The number of amides is 2. The van der Waals surface area contributed by atoms with Crippen molar-refractivity contribution in [3.63, 3.8) is 0 Å². The highest BCUT2D eigenvalue weighted by atomic mass is 19.1. The summed E-state index contributed by atoms with van der Waals surface area (Å²) in [5.41, 5.74) is 0.269. The monoisotopic (exact) mass is 428 g/mol. The lowest BCUT2D eigenvalue weighted by Crippen LogP contribution is -2.48. The molecule has 0 fully saturated rings. The molecule has 0 aliphatic carbocycles. The highest BCUT2D eigenvalue weighted by Crippen LogP contribution is 2.17. The second-order valence-electron chi connectivity index (χ2n) is 7.91. The zero-order valence-electron chi connectivity index (χ0n) is 17.3. The standard InChI is InChI=1S/C21H22F2N6O2/c1-21(2,3)24-18(30)12-28(17-6-4-5-16(23)11-17)19(31)13-29-26-20(25-27-29)14-7-9-15(22)10-8-14/h4-11H,12-13H2,1-3H3,(H,24,30). The molecule has 10 heteroatoms. The van der Waals surface area contributed by atoms with Gasteiger partial charge >= 0.3 is 0 Å². The third-order valence-corrected chi connectivity index (χ3v) is 4.07. The van der Waals surface area contributed by atoms with Gasteiger partial charge in [-0.2, -0.15) is 4.80 Å². The average molecular weight is 428 g/mol. The van der Waals surface area contributed by atoms with Gasteiger partial charge < -0.3 is 10.2 Å². The summed E-state index contributed by atoms with van der Waals surface area (Å²) in [7, 11) is 0. The molecular formula is C21H22F2N6O2. The maximum atomic E-state index is 13.7. The normalized spacial score (nSPS) is 11.3. The van der Waals surface area contributed by atoms with Gasteiger partial charge in [0.25, 0.3) is 5.91 Å². The van der Waals surface area contributed by atoms with E-state index in [0.717, 1.165) is 9.70 Å². The molecule has 0 aliphatic rings. The summed E-state index contributed by atoms with van der Waals surface area (Å²) >= 11 is 0. The number of rotatable bonds is 6. The van der Waals surface area contributed by atoms with Gasteiger partial charge in [-0.1, -0.05) is 6.07 Å². The first-order chi connectivity index (χ1) is 14.6. The molecule has 0 atom stereocenters. The van der Waals surface area contributed by atoms with Crippen LogP contribution in [0.5, 0.6) is 0 Å². The van der Waals surface area contributed by atoms with Crippen LogP contribution in [-0.4, -0.2) is 44.1 Å². The first kappa shape index (κ1) is 22.0. The van der Waals surface area contributed by atoms with Crippen molar-refractivity contribution in [2.75, 3.05) is 11.4 Å². The topological polar surface area (TPSA) is 93.0 Å². The molecule has 8 nitrogen and oxygen atoms in total. The van der Waals surface area contributed by atoms with E-state index in [-0.39, 0.29) is 24.6 Å². The number of carbonyl (C=O) groups is 2. The van der Waals surface area contributed by atoms with Crippen LogP contribution in [0, 0.1) is 11.6 Å². The number of carbonyl (C=O) groups excluding carboxylic acids is 2. The molecule has 0 spiro atoms. The largest absolute Gasteiger partial charge is 0.350 e. The molecule has 1 aromatic heterocycles. The van der Waals surface area contributed by atoms with Crippen LogP contribution < -0.4 is 10.2 Å². The number of nitrogens with one attached hydrogen (secondary N) is 1. The van der Waals surface area contributed by atoms with Crippen LogP contribution in [0.15, 0.2) is 48.5 Å². The number of anilines is 1.